The van der Waals surface area contributed by atoms with E-state index in [2.05, 4.69) is 9.72 Å². The lowest BCUT2D eigenvalue weighted by Gasteiger charge is -2.13. The van der Waals surface area contributed by atoms with Crippen molar-refractivity contribution in [2.45, 2.75) is 20.0 Å². The van der Waals surface area contributed by atoms with Gasteiger partial charge < -0.3 is 4.74 Å². The molecule has 0 unspecified atom stereocenters. The molecule has 0 amide bonds. The minimum Gasteiger partial charge on any atom is -0.403 e. The first-order chi connectivity index (χ1) is 6.83. The van der Waals surface area contributed by atoms with Crippen molar-refractivity contribution in [1.82, 2.24) is 4.98 Å². The van der Waals surface area contributed by atoms with E-state index in [1.54, 1.807) is 22.6 Å². The average Bonchev–Trinajstić information content (AvgIpc) is 2.07. The molecule has 0 aliphatic rings. The van der Waals surface area contributed by atoms with E-state index in [4.69, 9.17) is 0 Å². The van der Waals surface area contributed by atoms with Gasteiger partial charge in [0.05, 0.1) is 5.69 Å². The van der Waals surface area contributed by atoms with Crippen LogP contribution < -0.4 is 4.74 Å². The molecule has 0 atom stereocenters. The summed E-state index contributed by atoms with van der Waals surface area (Å²) in [5.41, 5.74) is -0.129. The molecular formula is C8H6F4INO. The van der Waals surface area contributed by atoms with Crippen molar-refractivity contribution in [2.75, 3.05) is 0 Å². The summed E-state index contributed by atoms with van der Waals surface area (Å²) in [6.45, 7) is 0.313. The van der Waals surface area contributed by atoms with Crippen LogP contribution in [-0.2, 0) is 6.67 Å². The number of hydrogen-bond acceptors (Lipinski definition) is 2. The lowest BCUT2D eigenvalue weighted by Crippen LogP contribution is -2.19. The van der Waals surface area contributed by atoms with Crippen molar-refractivity contribution in [2.24, 2.45) is 0 Å². The van der Waals surface area contributed by atoms with Gasteiger partial charge in [-0.05, 0) is 35.6 Å². The van der Waals surface area contributed by atoms with Gasteiger partial charge in [-0.2, -0.15) is 0 Å². The SMILES string of the molecule is Cc1nc(I)cc(CF)c1OC(F)(F)F. The van der Waals surface area contributed by atoms with Crippen LogP contribution in [0.5, 0.6) is 5.75 Å². The lowest BCUT2D eigenvalue weighted by molar-refractivity contribution is -0.275. The van der Waals surface area contributed by atoms with E-state index < -0.39 is 18.8 Å². The van der Waals surface area contributed by atoms with Gasteiger partial charge in [-0.1, -0.05) is 0 Å². The van der Waals surface area contributed by atoms with Crippen LogP contribution >= 0.6 is 22.6 Å². The van der Waals surface area contributed by atoms with Crippen LogP contribution in [0.25, 0.3) is 0 Å². The van der Waals surface area contributed by atoms with Gasteiger partial charge in [-0.3, -0.25) is 0 Å². The number of hydrogen-bond donors (Lipinski definition) is 0. The molecule has 0 saturated heterocycles. The normalized spacial score (nSPS) is 11.6. The van der Waals surface area contributed by atoms with Crippen molar-refractivity contribution in [1.29, 1.82) is 0 Å². The number of ether oxygens (including phenoxy) is 1. The maximum Gasteiger partial charge on any atom is 0.573 e. The quantitative estimate of drug-likeness (QED) is 0.470. The van der Waals surface area contributed by atoms with Crippen molar-refractivity contribution in [3.8, 4) is 5.75 Å². The summed E-state index contributed by atoms with van der Waals surface area (Å²) in [4.78, 5) is 3.76. The van der Waals surface area contributed by atoms with Crippen LogP contribution in [0, 0.1) is 10.6 Å². The highest BCUT2D eigenvalue weighted by Crippen LogP contribution is 2.30. The Labute approximate surface area is 96.8 Å². The van der Waals surface area contributed by atoms with Gasteiger partial charge in [0, 0.05) is 5.56 Å². The second kappa shape index (κ2) is 4.50. The molecule has 84 valence electrons. The predicted octanol–water partition coefficient (Wildman–Crippen LogP) is 3.36. The van der Waals surface area contributed by atoms with Gasteiger partial charge in [-0.25, -0.2) is 9.37 Å². The van der Waals surface area contributed by atoms with Crippen LogP contribution in [-0.4, -0.2) is 11.3 Å². The van der Waals surface area contributed by atoms with Crippen molar-refractivity contribution in [3.05, 3.63) is 21.0 Å². The van der Waals surface area contributed by atoms with Gasteiger partial charge in [0.1, 0.15) is 10.4 Å². The third kappa shape index (κ3) is 3.47. The molecule has 1 aromatic heterocycles. The van der Waals surface area contributed by atoms with Crippen LogP contribution in [0.3, 0.4) is 0 Å². The Hall–Kier alpha value is -0.600. The average molecular weight is 335 g/mol. The minimum absolute atomic E-state index is 0.0203. The van der Waals surface area contributed by atoms with Crippen LogP contribution in [0.2, 0.25) is 0 Å². The van der Waals surface area contributed by atoms with Gasteiger partial charge in [0.25, 0.3) is 0 Å². The fourth-order valence-electron chi connectivity index (χ4n) is 1.04. The van der Waals surface area contributed by atoms with Gasteiger partial charge in [0.15, 0.2) is 5.75 Å². The summed E-state index contributed by atoms with van der Waals surface area (Å²) in [7, 11) is 0. The third-order valence-electron chi connectivity index (χ3n) is 1.55. The fourth-order valence-corrected chi connectivity index (χ4v) is 1.78. The van der Waals surface area contributed by atoms with Crippen LogP contribution in [0.1, 0.15) is 11.3 Å². The van der Waals surface area contributed by atoms with Crippen LogP contribution in [0.4, 0.5) is 17.6 Å². The first-order valence-electron chi connectivity index (χ1n) is 3.81. The van der Waals surface area contributed by atoms with E-state index in [1.165, 1.54) is 13.0 Å². The molecule has 0 radical (unpaired) electrons. The number of pyridine rings is 1. The van der Waals surface area contributed by atoms with E-state index >= 15 is 0 Å². The van der Waals surface area contributed by atoms with E-state index in [0.717, 1.165) is 0 Å². The van der Waals surface area contributed by atoms with Crippen molar-refractivity contribution < 1.29 is 22.3 Å². The molecule has 1 heterocycles. The molecule has 0 spiro atoms. The Morgan fingerprint density at radius 1 is 1.47 bits per heavy atom. The zero-order chi connectivity index (χ0) is 11.6. The first-order valence-corrected chi connectivity index (χ1v) is 4.89. The van der Waals surface area contributed by atoms with Gasteiger partial charge >= 0.3 is 6.36 Å². The van der Waals surface area contributed by atoms with Crippen LogP contribution in [0.15, 0.2) is 6.07 Å². The number of nitrogens with zero attached hydrogens (tertiary/aromatic N) is 1. The molecule has 7 heteroatoms. The fraction of sp³-hybridized carbons (Fsp3) is 0.375. The molecule has 1 rings (SSSR count). The third-order valence-corrected chi connectivity index (χ3v) is 2.10. The van der Waals surface area contributed by atoms with Crippen molar-refractivity contribution in [3.63, 3.8) is 0 Å². The Morgan fingerprint density at radius 2 is 2.07 bits per heavy atom. The minimum atomic E-state index is -4.83. The van der Waals surface area contributed by atoms with Gasteiger partial charge in [0.2, 0.25) is 0 Å². The molecule has 0 aliphatic heterocycles. The summed E-state index contributed by atoms with van der Waals surface area (Å²) in [5.74, 6) is -0.551. The number of halogens is 5. The summed E-state index contributed by atoms with van der Waals surface area (Å²) >= 11 is 1.79. The number of aromatic nitrogens is 1. The maximum absolute atomic E-state index is 12.4. The van der Waals surface area contributed by atoms with E-state index in [0.29, 0.717) is 3.70 Å². The zero-order valence-corrected chi connectivity index (χ0v) is 9.69. The van der Waals surface area contributed by atoms with E-state index in [-0.39, 0.29) is 11.3 Å². The highest BCUT2D eigenvalue weighted by atomic mass is 127. The summed E-state index contributed by atoms with van der Waals surface area (Å²) in [5, 5.41) is 0. The first kappa shape index (κ1) is 12.5. The molecular weight excluding hydrogens is 329 g/mol. The second-order valence-electron chi connectivity index (χ2n) is 2.70. The molecule has 15 heavy (non-hydrogen) atoms. The number of aryl methyl sites for hydroxylation is 1. The Bertz CT molecular complexity index is 366. The van der Waals surface area contributed by atoms with E-state index in [1.807, 2.05) is 0 Å². The molecule has 0 fully saturated rings. The predicted molar refractivity (Wildman–Crippen MR) is 53.2 cm³/mol. The maximum atomic E-state index is 12.4. The monoisotopic (exact) mass is 335 g/mol. The second-order valence-corrected chi connectivity index (χ2v) is 3.81. The largest absolute Gasteiger partial charge is 0.573 e. The molecule has 0 N–H and O–H groups in total. The smallest absolute Gasteiger partial charge is 0.403 e. The Balaban J connectivity index is 3.15. The van der Waals surface area contributed by atoms with E-state index in [9.17, 15) is 17.6 Å². The molecule has 0 aliphatic carbocycles. The lowest BCUT2D eigenvalue weighted by atomic mass is 10.2. The molecule has 2 nitrogen and oxygen atoms in total. The van der Waals surface area contributed by atoms with Crippen molar-refractivity contribution >= 4 is 22.6 Å². The topological polar surface area (TPSA) is 22.1 Å². The summed E-state index contributed by atoms with van der Waals surface area (Å²) in [6, 6.07) is 1.22. The molecule has 1 aromatic rings. The highest BCUT2D eigenvalue weighted by Gasteiger charge is 2.33. The molecule has 0 bridgehead atoms. The molecule has 0 aromatic carbocycles. The summed E-state index contributed by atoms with van der Waals surface area (Å²) in [6.07, 6.45) is -4.83. The Kier molecular flexibility index (Phi) is 3.74. The number of rotatable bonds is 2. The summed E-state index contributed by atoms with van der Waals surface area (Å²) < 4.78 is 52.5. The Morgan fingerprint density at radius 3 is 2.53 bits per heavy atom. The number of alkyl halides is 4. The standard InChI is InChI=1S/C8H6F4INO/c1-4-7(15-8(10,11)12)5(3-9)2-6(13)14-4/h2H,3H2,1H3. The highest BCUT2D eigenvalue weighted by molar-refractivity contribution is 14.1. The van der Waals surface area contributed by atoms with Gasteiger partial charge in [-0.15, -0.1) is 13.2 Å². The molecule has 0 saturated carbocycles. The zero-order valence-electron chi connectivity index (χ0n) is 7.53.